The second-order valence-corrected chi connectivity index (χ2v) is 12.6. The zero-order valence-corrected chi connectivity index (χ0v) is 27.2. The minimum Gasteiger partial charge on any atom is -0.456 e. The van der Waals surface area contributed by atoms with E-state index in [0.29, 0.717) is 12.4 Å². The molecule has 0 aliphatic rings. The normalized spacial score (nSPS) is 12.6. The maximum absolute atomic E-state index is 7.02. The highest BCUT2D eigenvalue weighted by atomic mass is 16.3. The Hall–Kier alpha value is -6.43. The van der Waals surface area contributed by atoms with Crippen molar-refractivity contribution in [2.24, 2.45) is 10.7 Å². The lowest BCUT2D eigenvalue weighted by Gasteiger charge is -2.19. The summed E-state index contributed by atoms with van der Waals surface area (Å²) in [6.07, 6.45) is -0.554. The molecular formula is C45H33N3O2. The van der Waals surface area contributed by atoms with Gasteiger partial charge in [-0.15, -0.1) is 0 Å². The molecule has 0 saturated carbocycles. The number of nitrogens with two attached hydrogens (primary N) is 1. The van der Waals surface area contributed by atoms with Gasteiger partial charge in [0.2, 0.25) is 0 Å². The molecule has 1 atom stereocenters. The molecule has 0 radical (unpaired) electrons. The first-order valence-corrected chi connectivity index (χ1v) is 16.8. The maximum atomic E-state index is 7.02. The second-order valence-electron chi connectivity index (χ2n) is 12.6. The van der Waals surface area contributed by atoms with Crippen molar-refractivity contribution in [2.75, 3.05) is 0 Å². The number of nitrogens with one attached hydrogen (secondary N) is 1. The van der Waals surface area contributed by atoms with Crippen LogP contribution < -0.4 is 11.1 Å². The molecule has 7 aromatic carbocycles. The number of rotatable bonds is 7. The average molecular weight is 648 g/mol. The van der Waals surface area contributed by atoms with Gasteiger partial charge in [-0.1, -0.05) is 127 Å². The van der Waals surface area contributed by atoms with E-state index in [4.69, 9.17) is 19.6 Å². The molecule has 5 nitrogen and oxygen atoms in total. The van der Waals surface area contributed by atoms with E-state index in [0.717, 1.165) is 71.7 Å². The molecule has 3 N–H and O–H groups in total. The number of aliphatic imine (C=N–C) groups is 1. The Kier molecular flexibility index (Phi) is 7.45. The van der Waals surface area contributed by atoms with Gasteiger partial charge >= 0.3 is 0 Å². The van der Waals surface area contributed by atoms with Crippen LogP contribution in [0.3, 0.4) is 0 Å². The number of nitrogens with zero attached hydrogens (tertiary/aromatic N) is 1. The fraction of sp³-hybridized carbons (Fsp3) is 0.0444. The fourth-order valence-electron chi connectivity index (χ4n) is 6.88. The molecule has 9 rings (SSSR count). The highest BCUT2D eigenvalue weighted by Gasteiger charge is 2.18. The Balaban J connectivity index is 1.06. The van der Waals surface area contributed by atoms with E-state index in [1.54, 1.807) is 0 Å². The van der Waals surface area contributed by atoms with Crippen LogP contribution in [0.2, 0.25) is 0 Å². The maximum Gasteiger partial charge on any atom is 0.135 e. The monoisotopic (exact) mass is 647 g/mol. The summed E-state index contributed by atoms with van der Waals surface area (Å²) in [5, 5.41) is 7.79. The van der Waals surface area contributed by atoms with Crippen LogP contribution in [0.5, 0.6) is 0 Å². The van der Waals surface area contributed by atoms with Gasteiger partial charge in [0.1, 0.15) is 34.3 Å². The van der Waals surface area contributed by atoms with Crippen LogP contribution in [0.1, 0.15) is 22.9 Å². The van der Waals surface area contributed by atoms with Gasteiger partial charge in [-0.25, -0.2) is 0 Å². The third-order valence-electron chi connectivity index (χ3n) is 9.37. The lowest BCUT2D eigenvalue weighted by atomic mass is 9.97. The first kappa shape index (κ1) is 29.7. The molecule has 50 heavy (non-hydrogen) atoms. The first-order valence-electron chi connectivity index (χ1n) is 16.8. The molecule has 240 valence electrons. The van der Waals surface area contributed by atoms with Gasteiger partial charge in [-0.2, -0.15) is 0 Å². The van der Waals surface area contributed by atoms with Crippen molar-refractivity contribution in [3.05, 3.63) is 180 Å². The van der Waals surface area contributed by atoms with E-state index >= 15 is 0 Å². The molecule has 2 heterocycles. The SMILES string of the molecule is NC(NC(=NCc1ccc2c(c1)oc1ccccc12)c1ccccc1)c1cccc2oc3ccc(-c4cccc(-c5ccccc5)c4)cc3c12. The molecule has 9 aromatic rings. The van der Waals surface area contributed by atoms with Gasteiger partial charge in [0, 0.05) is 32.7 Å². The van der Waals surface area contributed by atoms with E-state index in [-0.39, 0.29) is 0 Å². The standard InChI is InChI=1S/C45H33N3O2/c46-44(48-45(31-13-5-2-6-14-31)47-28-29-21-23-36-35-17-7-8-19-39(35)50-42(36)25-29)37-18-10-20-41-43(37)38-27-34(22-24-40(38)49-41)33-16-9-15-32(26-33)30-11-3-1-4-12-30/h1-27,44H,28,46H2,(H,47,48). The van der Waals surface area contributed by atoms with Crippen LogP contribution in [0.25, 0.3) is 66.1 Å². The van der Waals surface area contributed by atoms with Gasteiger partial charge < -0.3 is 19.9 Å². The summed E-state index contributed by atoms with van der Waals surface area (Å²) in [4.78, 5) is 5.07. The Bertz CT molecular complexity index is 2670. The minimum absolute atomic E-state index is 0.460. The van der Waals surface area contributed by atoms with E-state index in [1.165, 1.54) is 11.1 Å². The Morgan fingerprint density at radius 1 is 0.520 bits per heavy atom. The smallest absolute Gasteiger partial charge is 0.135 e. The predicted molar refractivity (Wildman–Crippen MR) is 205 cm³/mol. The van der Waals surface area contributed by atoms with Crippen LogP contribution in [0, 0.1) is 0 Å². The molecule has 0 spiro atoms. The molecule has 0 saturated heterocycles. The Morgan fingerprint density at radius 2 is 1.16 bits per heavy atom. The minimum atomic E-state index is -0.554. The lowest BCUT2D eigenvalue weighted by molar-refractivity contribution is 0.663. The third-order valence-corrected chi connectivity index (χ3v) is 9.37. The summed E-state index contributed by atoms with van der Waals surface area (Å²) < 4.78 is 12.5. The molecule has 5 heteroatoms. The fourth-order valence-corrected chi connectivity index (χ4v) is 6.88. The third kappa shape index (κ3) is 5.50. The van der Waals surface area contributed by atoms with Crippen LogP contribution in [-0.4, -0.2) is 5.84 Å². The zero-order chi connectivity index (χ0) is 33.4. The number of furan rings is 2. The summed E-state index contributed by atoms with van der Waals surface area (Å²) in [5.41, 5.74) is 17.9. The van der Waals surface area contributed by atoms with Gasteiger partial charge in [0.15, 0.2) is 0 Å². The first-order chi connectivity index (χ1) is 24.7. The number of hydrogen-bond acceptors (Lipinski definition) is 4. The number of fused-ring (bicyclic) bond motifs is 6. The van der Waals surface area contributed by atoms with Crippen molar-refractivity contribution in [1.82, 2.24) is 5.32 Å². The average Bonchev–Trinajstić information content (AvgIpc) is 3.75. The number of para-hydroxylation sites is 1. The molecule has 0 aliphatic carbocycles. The highest BCUT2D eigenvalue weighted by Crippen LogP contribution is 2.37. The van der Waals surface area contributed by atoms with Crippen molar-refractivity contribution in [3.63, 3.8) is 0 Å². The molecule has 2 aromatic heterocycles. The van der Waals surface area contributed by atoms with Crippen LogP contribution in [0.15, 0.2) is 178 Å². The molecular weight excluding hydrogens is 615 g/mol. The summed E-state index contributed by atoms with van der Waals surface area (Å²) in [7, 11) is 0. The van der Waals surface area contributed by atoms with Crippen molar-refractivity contribution in [3.8, 4) is 22.3 Å². The Morgan fingerprint density at radius 3 is 2.02 bits per heavy atom. The number of benzene rings is 7. The summed E-state index contributed by atoms with van der Waals surface area (Å²) in [6.45, 7) is 0.460. The van der Waals surface area contributed by atoms with Gasteiger partial charge in [0.05, 0.1) is 6.54 Å². The van der Waals surface area contributed by atoms with E-state index < -0.39 is 6.17 Å². The molecule has 0 bridgehead atoms. The van der Waals surface area contributed by atoms with E-state index in [9.17, 15) is 0 Å². The van der Waals surface area contributed by atoms with Crippen molar-refractivity contribution in [1.29, 1.82) is 0 Å². The molecule has 1 unspecified atom stereocenters. The molecule has 0 aliphatic heterocycles. The topological polar surface area (TPSA) is 76.7 Å². The van der Waals surface area contributed by atoms with Crippen molar-refractivity contribution < 1.29 is 8.83 Å². The zero-order valence-electron chi connectivity index (χ0n) is 27.2. The lowest BCUT2D eigenvalue weighted by Crippen LogP contribution is -2.35. The summed E-state index contributed by atoms with van der Waals surface area (Å²) in [6, 6.07) is 56.1. The van der Waals surface area contributed by atoms with Gasteiger partial charge in [-0.3, -0.25) is 4.99 Å². The summed E-state index contributed by atoms with van der Waals surface area (Å²) in [5.74, 6) is 0.714. The van der Waals surface area contributed by atoms with Crippen LogP contribution in [0.4, 0.5) is 0 Å². The second kappa shape index (κ2) is 12.5. The highest BCUT2D eigenvalue weighted by molar-refractivity contribution is 6.09. The predicted octanol–water partition coefficient (Wildman–Crippen LogP) is 11.0. The molecule has 0 fully saturated rings. The molecule has 0 amide bonds. The number of amidine groups is 1. The van der Waals surface area contributed by atoms with Gasteiger partial charge in [0.25, 0.3) is 0 Å². The summed E-state index contributed by atoms with van der Waals surface area (Å²) >= 11 is 0. The Labute approximate surface area is 289 Å². The van der Waals surface area contributed by atoms with Crippen LogP contribution >= 0.6 is 0 Å². The van der Waals surface area contributed by atoms with E-state index in [1.807, 2.05) is 66.7 Å². The largest absolute Gasteiger partial charge is 0.456 e. The number of hydrogen-bond donors (Lipinski definition) is 2. The van der Waals surface area contributed by atoms with Crippen LogP contribution in [-0.2, 0) is 6.54 Å². The van der Waals surface area contributed by atoms with Crippen molar-refractivity contribution >= 4 is 49.7 Å². The van der Waals surface area contributed by atoms with E-state index in [2.05, 4.69) is 102 Å². The van der Waals surface area contributed by atoms with Crippen molar-refractivity contribution in [2.45, 2.75) is 12.7 Å². The quantitative estimate of drug-likeness (QED) is 0.103. The van der Waals surface area contributed by atoms with Gasteiger partial charge in [-0.05, 0) is 64.2 Å².